The highest BCUT2D eigenvalue weighted by Gasteiger charge is 2.03. The van der Waals surface area contributed by atoms with E-state index in [1.807, 2.05) is 24.3 Å². The number of pyridine rings is 1. The van der Waals surface area contributed by atoms with Crippen LogP contribution in [0.25, 0.3) is 0 Å². The first kappa shape index (κ1) is 12.0. The quantitative estimate of drug-likeness (QED) is 0.865. The monoisotopic (exact) mass is 245 g/mol. The van der Waals surface area contributed by atoms with E-state index in [4.69, 9.17) is 15.2 Å². The predicted octanol–water partition coefficient (Wildman–Crippen LogP) is 2.42. The molecule has 0 fully saturated rings. The number of nitrogens with zero attached hydrogens (tertiary/aromatic N) is 1. The molecule has 0 unspecified atom stereocenters. The lowest BCUT2D eigenvalue weighted by molar-refractivity contribution is 0.395. The molecule has 0 spiro atoms. The van der Waals surface area contributed by atoms with Crippen LogP contribution >= 0.6 is 0 Å². The summed E-state index contributed by atoms with van der Waals surface area (Å²) in [5.41, 5.74) is 6.45. The van der Waals surface area contributed by atoms with Crippen molar-refractivity contribution >= 4 is 17.3 Å². The first-order chi connectivity index (χ1) is 8.71. The van der Waals surface area contributed by atoms with E-state index < -0.39 is 0 Å². The molecule has 0 saturated carbocycles. The number of nitrogen functional groups attached to an aromatic ring is 1. The van der Waals surface area contributed by atoms with E-state index in [9.17, 15) is 0 Å². The summed E-state index contributed by atoms with van der Waals surface area (Å²) >= 11 is 0. The largest absolute Gasteiger partial charge is 0.497 e. The Bertz CT molecular complexity index is 521. The van der Waals surface area contributed by atoms with Gasteiger partial charge in [-0.05, 0) is 12.1 Å². The highest BCUT2D eigenvalue weighted by molar-refractivity contribution is 5.62. The third-order valence-corrected chi connectivity index (χ3v) is 2.39. The van der Waals surface area contributed by atoms with Crippen molar-refractivity contribution < 1.29 is 9.47 Å². The summed E-state index contributed by atoms with van der Waals surface area (Å²) in [5, 5.41) is 3.14. The lowest BCUT2D eigenvalue weighted by Gasteiger charge is -2.10. The average molecular weight is 245 g/mol. The molecule has 0 bridgehead atoms. The normalized spacial score (nSPS) is 9.89. The Morgan fingerprint density at radius 1 is 1.06 bits per heavy atom. The molecule has 18 heavy (non-hydrogen) atoms. The molecule has 1 aromatic carbocycles. The van der Waals surface area contributed by atoms with Gasteiger partial charge in [-0.2, -0.15) is 0 Å². The highest BCUT2D eigenvalue weighted by atomic mass is 16.5. The fourth-order valence-corrected chi connectivity index (χ4v) is 1.55. The smallest absolute Gasteiger partial charge is 0.132 e. The van der Waals surface area contributed by atoms with E-state index in [1.165, 1.54) is 0 Å². The van der Waals surface area contributed by atoms with Gasteiger partial charge in [-0.3, -0.25) is 0 Å². The van der Waals surface area contributed by atoms with Crippen molar-refractivity contribution in [1.29, 1.82) is 0 Å². The number of anilines is 3. The Balaban J connectivity index is 2.28. The number of methoxy groups -OCH3 is 2. The average Bonchev–Trinajstić information content (AvgIpc) is 2.38. The molecule has 2 rings (SSSR count). The number of nitrogens with one attached hydrogen (secondary N) is 1. The Hall–Kier alpha value is -2.43. The Morgan fingerprint density at radius 2 is 1.72 bits per heavy atom. The van der Waals surface area contributed by atoms with Gasteiger partial charge in [0.15, 0.2) is 0 Å². The molecular weight excluding hydrogens is 230 g/mol. The van der Waals surface area contributed by atoms with E-state index in [-0.39, 0.29) is 0 Å². The molecular formula is C13H15N3O2. The van der Waals surface area contributed by atoms with Gasteiger partial charge >= 0.3 is 0 Å². The van der Waals surface area contributed by atoms with Gasteiger partial charge in [-0.1, -0.05) is 6.07 Å². The van der Waals surface area contributed by atoms with Crippen LogP contribution in [0.15, 0.2) is 36.4 Å². The topological polar surface area (TPSA) is 69.4 Å². The summed E-state index contributed by atoms with van der Waals surface area (Å²) < 4.78 is 10.4. The maximum atomic E-state index is 5.62. The van der Waals surface area contributed by atoms with Gasteiger partial charge in [0.1, 0.15) is 23.1 Å². The molecule has 0 radical (unpaired) electrons. The summed E-state index contributed by atoms with van der Waals surface area (Å²) in [7, 11) is 3.22. The van der Waals surface area contributed by atoms with Crippen LogP contribution in [0.2, 0.25) is 0 Å². The first-order valence-corrected chi connectivity index (χ1v) is 5.44. The second kappa shape index (κ2) is 5.27. The van der Waals surface area contributed by atoms with Gasteiger partial charge in [0, 0.05) is 23.9 Å². The second-order valence-corrected chi connectivity index (χ2v) is 3.67. The lowest BCUT2D eigenvalue weighted by atomic mass is 10.2. The number of hydrogen-bond acceptors (Lipinski definition) is 5. The Labute approximate surface area is 106 Å². The number of hydrogen-bond donors (Lipinski definition) is 2. The van der Waals surface area contributed by atoms with E-state index in [0.717, 1.165) is 5.69 Å². The zero-order valence-corrected chi connectivity index (χ0v) is 10.3. The zero-order chi connectivity index (χ0) is 13.0. The van der Waals surface area contributed by atoms with Crippen LogP contribution in [-0.2, 0) is 0 Å². The first-order valence-electron chi connectivity index (χ1n) is 5.44. The van der Waals surface area contributed by atoms with E-state index in [0.29, 0.717) is 23.1 Å². The van der Waals surface area contributed by atoms with Gasteiger partial charge in [-0.15, -0.1) is 0 Å². The van der Waals surface area contributed by atoms with E-state index >= 15 is 0 Å². The predicted molar refractivity (Wildman–Crippen MR) is 71.5 cm³/mol. The third-order valence-electron chi connectivity index (χ3n) is 2.39. The van der Waals surface area contributed by atoms with E-state index in [1.54, 1.807) is 26.4 Å². The standard InChI is InChI=1S/C13H15N3O2/c1-17-10-6-9(7-11(8-10)18-2)15-13-5-3-4-12(14)16-13/h3-8H,1-2H3,(H3,14,15,16). The van der Waals surface area contributed by atoms with Crippen LogP contribution in [-0.4, -0.2) is 19.2 Å². The van der Waals surface area contributed by atoms with Crippen LogP contribution in [0.1, 0.15) is 0 Å². The summed E-state index contributed by atoms with van der Waals surface area (Å²) in [6, 6.07) is 10.9. The van der Waals surface area contributed by atoms with Crippen LogP contribution in [0, 0.1) is 0 Å². The third kappa shape index (κ3) is 2.82. The maximum Gasteiger partial charge on any atom is 0.132 e. The molecule has 0 saturated heterocycles. The summed E-state index contributed by atoms with van der Waals surface area (Å²) in [5.74, 6) is 2.56. The molecule has 1 aromatic heterocycles. The molecule has 0 atom stereocenters. The highest BCUT2D eigenvalue weighted by Crippen LogP contribution is 2.27. The van der Waals surface area contributed by atoms with Gasteiger partial charge in [0.25, 0.3) is 0 Å². The zero-order valence-electron chi connectivity index (χ0n) is 10.3. The van der Waals surface area contributed by atoms with Gasteiger partial charge in [0.05, 0.1) is 14.2 Å². The minimum atomic E-state index is 0.467. The fraction of sp³-hybridized carbons (Fsp3) is 0.154. The molecule has 2 aromatic rings. The summed E-state index contributed by atoms with van der Waals surface area (Å²) in [6.07, 6.45) is 0. The van der Waals surface area contributed by atoms with Gasteiger partial charge < -0.3 is 20.5 Å². The second-order valence-electron chi connectivity index (χ2n) is 3.67. The number of aromatic nitrogens is 1. The fourth-order valence-electron chi connectivity index (χ4n) is 1.55. The summed E-state index contributed by atoms with van der Waals surface area (Å²) in [6.45, 7) is 0. The van der Waals surface area contributed by atoms with Crippen LogP contribution in [0.3, 0.4) is 0 Å². The number of nitrogens with two attached hydrogens (primary N) is 1. The minimum absolute atomic E-state index is 0.467. The summed E-state index contributed by atoms with van der Waals surface area (Å²) in [4.78, 5) is 4.16. The van der Waals surface area contributed by atoms with Crippen molar-refractivity contribution in [3.05, 3.63) is 36.4 Å². The van der Waals surface area contributed by atoms with Crippen molar-refractivity contribution in [2.75, 3.05) is 25.3 Å². The van der Waals surface area contributed by atoms with Crippen LogP contribution in [0.4, 0.5) is 17.3 Å². The van der Waals surface area contributed by atoms with Crippen molar-refractivity contribution in [2.24, 2.45) is 0 Å². The maximum absolute atomic E-state index is 5.62. The van der Waals surface area contributed by atoms with Crippen molar-refractivity contribution in [1.82, 2.24) is 4.98 Å². The lowest BCUT2D eigenvalue weighted by Crippen LogP contribution is -1.97. The minimum Gasteiger partial charge on any atom is -0.497 e. The molecule has 1 heterocycles. The molecule has 5 heteroatoms. The number of benzene rings is 1. The Morgan fingerprint density at radius 3 is 2.28 bits per heavy atom. The molecule has 0 aliphatic heterocycles. The number of ether oxygens (including phenoxy) is 2. The van der Waals surface area contributed by atoms with E-state index in [2.05, 4.69) is 10.3 Å². The van der Waals surface area contributed by atoms with Gasteiger partial charge in [0.2, 0.25) is 0 Å². The van der Waals surface area contributed by atoms with Crippen molar-refractivity contribution in [3.63, 3.8) is 0 Å². The van der Waals surface area contributed by atoms with Crippen LogP contribution in [0.5, 0.6) is 11.5 Å². The van der Waals surface area contributed by atoms with Crippen molar-refractivity contribution in [2.45, 2.75) is 0 Å². The van der Waals surface area contributed by atoms with Crippen LogP contribution < -0.4 is 20.5 Å². The molecule has 94 valence electrons. The van der Waals surface area contributed by atoms with Crippen molar-refractivity contribution in [3.8, 4) is 11.5 Å². The molecule has 3 N–H and O–H groups in total. The molecule has 5 nitrogen and oxygen atoms in total. The molecule has 0 amide bonds. The van der Waals surface area contributed by atoms with Gasteiger partial charge in [-0.25, -0.2) is 4.98 Å². The Kier molecular flexibility index (Phi) is 3.52. The molecule has 0 aliphatic carbocycles. The molecule has 0 aliphatic rings. The SMILES string of the molecule is COc1cc(Nc2cccc(N)n2)cc(OC)c1. The number of rotatable bonds is 4.